The summed E-state index contributed by atoms with van der Waals surface area (Å²) in [6, 6.07) is 0. The number of carbonyl (C=O) groups excluding carboxylic acids is 1. The zero-order chi connectivity index (χ0) is 11.0. The Morgan fingerprint density at radius 3 is 2.43 bits per heavy atom. The topological polar surface area (TPSA) is 26.3 Å². The predicted molar refractivity (Wildman–Crippen MR) is 62.6 cm³/mol. The molecular formula is C11H22O2Si. The molecule has 14 heavy (non-hydrogen) atoms. The first-order valence-electron chi connectivity index (χ1n) is 5.38. The smallest absolute Gasteiger partial charge is 0.184 e. The summed E-state index contributed by atoms with van der Waals surface area (Å²) in [6.07, 6.45) is 6.00. The Labute approximate surface area is 88.5 Å². The van der Waals surface area contributed by atoms with E-state index in [0.29, 0.717) is 0 Å². The van der Waals surface area contributed by atoms with Crippen molar-refractivity contribution in [1.29, 1.82) is 0 Å². The van der Waals surface area contributed by atoms with Gasteiger partial charge < -0.3 is 4.43 Å². The Morgan fingerprint density at radius 2 is 2.00 bits per heavy atom. The summed E-state index contributed by atoms with van der Waals surface area (Å²) in [5.74, 6) is 1.84. The Bertz CT molecular complexity index is 190. The number of hydrogen-bond donors (Lipinski definition) is 0. The Kier molecular flexibility index (Phi) is 6.80. The Balaban J connectivity index is 3.96. The molecule has 0 radical (unpaired) electrons. The summed E-state index contributed by atoms with van der Waals surface area (Å²) >= 11 is 0. The van der Waals surface area contributed by atoms with Crippen LogP contribution in [0, 0.1) is 0 Å². The van der Waals surface area contributed by atoms with Crippen molar-refractivity contribution in [3.05, 3.63) is 6.08 Å². The molecule has 0 aromatic heterocycles. The van der Waals surface area contributed by atoms with Crippen LogP contribution in [0.1, 0.15) is 32.6 Å². The van der Waals surface area contributed by atoms with Crippen molar-refractivity contribution < 1.29 is 9.22 Å². The average Bonchev–Trinajstić information content (AvgIpc) is 2.02. The van der Waals surface area contributed by atoms with Crippen LogP contribution in [0.3, 0.4) is 0 Å². The largest absolute Gasteiger partial charge is 0.411 e. The van der Waals surface area contributed by atoms with E-state index in [1.54, 1.807) is 0 Å². The summed E-state index contributed by atoms with van der Waals surface area (Å²) in [6.45, 7) is 8.58. The van der Waals surface area contributed by atoms with Crippen LogP contribution in [0.4, 0.5) is 0 Å². The van der Waals surface area contributed by atoms with Gasteiger partial charge in [-0.15, -0.1) is 0 Å². The lowest BCUT2D eigenvalue weighted by atomic mass is 10.1. The first-order chi connectivity index (χ1) is 6.49. The minimum atomic E-state index is -1.53. The summed E-state index contributed by atoms with van der Waals surface area (Å²) in [4.78, 5) is 10.3. The fraction of sp³-hybridized carbons (Fsp3) is 0.818. The molecule has 0 saturated heterocycles. The summed E-state index contributed by atoms with van der Waals surface area (Å²) < 4.78 is 5.85. The molecule has 0 rings (SSSR count). The van der Waals surface area contributed by atoms with E-state index >= 15 is 0 Å². The summed E-state index contributed by atoms with van der Waals surface area (Å²) in [5, 5.41) is 0. The molecule has 3 heteroatoms. The maximum absolute atomic E-state index is 10.3. The zero-order valence-corrected chi connectivity index (χ0v) is 10.8. The van der Waals surface area contributed by atoms with Gasteiger partial charge >= 0.3 is 0 Å². The second-order valence-corrected chi connectivity index (χ2v) is 9.01. The fourth-order valence-electron chi connectivity index (χ4n) is 1.30. The van der Waals surface area contributed by atoms with Crippen LogP contribution in [-0.4, -0.2) is 20.4 Å². The SMILES string of the molecule is CCCCCC(C=C=O)O[Si](C)(C)C. The molecule has 0 aromatic carbocycles. The molecule has 2 nitrogen and oxygen atoms in total. The van der Waals surface area contributed by atoms with Gasteiger partial charge in [0.15, 0.2) is 8.32 Å². The van der Waals surface area contributed by atoms with Crippen molar-refractivity contribution in [2.45, 2.75) is 58.4 Å². The summed E-state index contributed by atoms with van der Waals surface area (Å²) in [5.41, 5.74) is 0. The standard InChI is InChI=1S/C11H22O2Si/c1-5-6-7-8-11(9-10-12)13-14(2,3)4/h9,11H,5-8H2,1-4H3. The van der Waals surface area contributed by atoms with Crippen molar-refractivity contribution in [2.75, 3.05) is 0 Å². The van der Waals surface area contributed by atoms with E-state index in [1.807, 2.05) is 5.94 Å². The van der Waals surface area contributed by atoms with Gasteiger partial charge in [-0.1, -0.05) is 26.2 Å². The molecule has 0 N–H and O–H groups in total. The van der Waals surface area contributed by atoms with Gasteiger partial charge in [0, 0.05) is 6.08 Å². The molecule has 0 aliphatic heterocycles. The Hall–Kier alpha value is -0.373. The van der Waals surface area contributed by atoms with Crippen molar-refractivity contribution in [2.24, 2.45) is 0 Å². The van der Waals surface area contributed by atoms with Crippen molar-refractivity contribution in [3.63, 3.8) is 0 Å². The highest BCUT2D eigenvalue weighted by Gasteiger charge is 2.19. The molecular weight excluding hydrogens is 192 g/mol. The maximum atomic E-state index is 10.3. The highest BCUT2D eigenvalue weighted by Crippen LogP contribution is 2.13. The van der Waals surface area contributed by atoms with E-state index in [2.05, 4.69) is 26.6 Å². The molecule has 0 fully saturated rings. The molecule has 0 saturated carbocycles. The van der Waals surface area contributed by atoms with Crippen LogP contribution in [0.5, 0.6) is 0 Å². The second kappa shape index (κ2) is 6.99. The van der Waals surface area contributed by atoms with Crippen LogP contribution in [0.25, 0.3) is 0 Å². The van der Waals surface area contributed by atoms with Crippen LogP contribution in [0.15, 0.2) is 6.08 Å². The molecule has 82 valence electrons. The van der Waals surface area contributed by atoms with Crippen LogP contribution < -0.4 is 0 Å². The summed E-state index contributed by atoms with van der Waals surface area (Å²) in [7, 11) is -1.53. The lowest BCUT2D eigenvalue weighted by Crippen LogP contribution is -2.31. The minimum absolute atomic E-state index is 0.00860. The number of hydrogen-bond acceptors (Lipinski definition) is 2. The average molecular weight is 214 g/mol. The van der Waals surface area contributed by atoms with Gasteiger partial charge in [-0.3, -0.25) is 0 Å². The molecule has 0 aliphatic carbocycles. The number of unbranched alkanes of at least 4 members (excludes halogenated alkanes) is 2. The highest BCUT2D eigenvalue weighted by molar-refractivity contribution is 6.69. The third-order valence-electron chi connectivity index (χ3n) is 1.85. The van der Waals surface area contributed by atoms with E-state index < -0.39 is 8.32 Å². The van der Waals surface area contributed by atoms with Gasteiger partial charge in [0.2, 0.25) is 0 Å². The molecule has 0 heterocycles. The minimum Gasteiger partial charge on any atom is -0.411 e. The van der Waals surface area contributed by atoms with Crippen molar-refractivity contribution in [1.82, 2.24) is 0 Å². The zero-order valence-electron chi connectivity index (χ0n) is 9.80. The van der Waals surface area contributed by atoms with Gasteiger partial charge in [0.05, 0.1) is 6.10 Å². The second-order valence-electron chi connectivity index (χ2n) is 4.55. The monoisotopic (exact) mass is 214 g/mol. The third kappa shape index (κ3) is 8.24. The first kappa shape index (κ1) is 13.6. The van der Waals surface area contributed by atoms with E-state index in [-0.39, 0.29) is 6.10 Å². The fourth-order valence-corrected chi connectivity index (χ4v) is 2.40. The molecule has 0 bridgehead atoms. The third-order valence-corrected chi connectivity index (χ3v) is 2.86. The highest BCUT2D eigenvalue weighted by atomic mass is 28.4. The van der Waals surface area contributed by atoms with Gasteiger partial charge in [0.25, 0.3) is 0 Å². The maximum Gasteiger partial charge on any atom is 0.184 e. The lowest BCUT2D eigenvalue weighted by molar-refractivity contribution is 0.227. The molecule has 0 aromatic rings. The molecule has 1 atom stereocenters. The molecule has 0 aliphatic rings. The van der Waals surface area contributed by atoms with Crippen LogP contribution in [-0.2, 0) is 9.22 Å². The predicted octanol–water partition coefficient (Wildman–Crippen LogP) is 3.17. The van der Waals surface area contributed by atoms with E-state index in [4.69, 9.17) is 4.43 Å². The van der Waals surface area contributed by atoms with Gasteiger partial charge in [0.1, 0.15) is 5.94 Å². The van der Waals surface area contributed by atoms with Crippen molar-refractivity contribution >= 4 is 14.3 Å². The van der Waals surface area contributed by atoms with Crippen molar-refractivity contribution in [3.8, 4) is 0 Å². The van der Waals surface area contributed by atoms with Gasteiger partial charge in [-0.05, 0) is 26.1 Å². The van der Waals surface area contributed by atoms with Crippen LogP contribution >= 0.6 is 0 Å². The first-order valence-corrected chi connectivity index (χ1v) is 8.79. The lowest BCUT2D eigenvalue weighted by Gasteiger charge is -2.23. The van der Waals surface area contributed by atoms with E-state index in [1.165, 1.54) is 18.9 Å². The van der Waals surface area contributed by atoms with E-state index in [0.717, 1.165) is 12.8 Å². The van der Waals surface area contributed by atoms with Gasteiger partial charge in [-0.25, -0.2) is 4.79 Å². The molecule has 0 spiro atoms. The number of rotatable bonds is 7. The quantitative estimate of drug-likeness (QED) is 0.370. The Morgan fingerprint density at radius 1 is 1.36 bits per heavy atom. The molecule has 0 amide bonds. The van der Waals surface area contributed by atoms with E-state index in [9.17, 15) is 4.79 Å². The normalized spacial score (nSPS) is 13.4. The van der Waals surface area contributed by atoms with Gasteiger partial charge in [-0.2, -0.15) is 0 Å². The van der Waals surface area contributed by atoms with Crippen LogP contribution in [0.2, 0.25) is 19.6 Å². The molecule has 1 unspecified atom stereocenters.